The first-order valence-electron chi connectivity index (χ1n) is 3.42. The quantitative estimate of drug-likeness (QED) is 0.621. The summed E-state index contributed by atoms with van der Waals surface area (Å²) in [7, 11) is 5.52. The van der Waals surface area contributed by atoms with Crippen LogP contribution in [0.1, 0.15) is 18.5 Å². The molecule has 1 rings (SSSR count). The first-order valence-corrected chi connectivity index (χ1v) is 3.79. The third-order valence-corrected chi connectivity index (χ3v) is 1.88. The first-order chi connectivity index (χ1) is 5.11. The zero-order valence-electron chi connectivity index (χ0n) is 6.34. The molecular formula is C8H9BClN. The molecular weight excluding hydrogens is 156 g/mol. The van der Waals surface area contributed by atoms with Crippen molar-refractivity contribution < 1.29 is 0 Å². The largest absolute Gasteiger partial charge is 0.324 e. The Labute approximate surface area is 73.0 Å². The van der Waals surface area contributed by atoms with Crippen LogP contribution < -0.4 is 11.2 Å². The van der Waals surface area contributed by atoms with Gasteiger partial charge < -0.3 is 5.73 Å². The fourth-order valence-electron chi connectivity index (χ4n) is 0.827. The van der Waals surface area contributed by atoms with Gasteiger partial charge in [0, 0.05) is 11.1 Å². The van der Waals surface area contributed by atoms with E-state index in [9.17, 15) is 0 Å². The van der Waals surface area contributed by atoms with Crippen molar-refractivity contribution in [2.75, 3.05) is 0 Å². The van der Waals surface area contributed by atoms with Gasteiger partial charge in [0.2, 0.25) is 0 Å². The molecule has 0 saturated carbocycles. The van der Waals surface area contributed by atoms with Crippen LogP contribution in [0.25, 0.3) is 0 Å². The van der Waals surface area contributed by atoms with Gasteiger partial charge in [-0.25, -0.2) is 0 Å². The van der Waals surface area contributed by atoms with Crippen LogP contribution in [0.3, 0.4) is 0 Å². The number of hydrogen-bond acceptors (Lipinski definition) is 1. The van der Waals surface area contributed by atoms with E-state index in [4.69, 9.17) is 25.2 Å². The molecule has 0 aliphatic heterocycles. The summed E-state index contributed by atoms with van der Waals surface area (Å²) in [6.07, 6.45) is 0. The SMILES string of the molecule is [B]c1ccc(C(C)N)cc1Cl. The molecule has 0 aliphatic carbocycles. The minimum absolute atomic E-state index is 0.00750. The lowest BCUT2D eigenvalue weighted by Gasteiger charge is -2.06. The average molecular weight is 165 g/mol. The van der Waals surface area contributed by atoms with E-state index in [1.54, 1.807) is 12.1 Å². The fourth-order valence-corrected chi connectivity index (χ4v) is 1.02. The van der Waals surface area contributed by atoms with Crippen molar-refractivity contribution in [3.63, 3.8) is 0 Å². The molecule has 1 atom stereocenters. The Kier molecular flexibility index (Phi) is 2.58. The highest BCUT2D eigenvalue weighted by Gasteiger charge is 2.00. The van der Waals surface area contributed by atoms with E-state index in [1.165, 1.54) is 0 Å². The molecule has 1 aromatic carbocycles. The van der Waals surface area contributed by atoms with E-state index >= 15 is 0 Å². The van der Waals surface area contributed by atoms with E-state index in [1.807, 2.05) is 13.0 Å². The van der Waals surface area contributed by atoms with Gasteiger partial charge in [-0.1, -0.05) is 29.2 Å². The zero-order valence-corrected chi connectivity index (χ0v) is 7.10. The molecule has 0 bridgehead atoms. The summed E-state index contributed by atoms with van der Waals surface area (Å²) >= 11 is 5.78. The molecule has 2 N–H and O–H groups in total. The predicted molar refractivity (Wildman–Crippen MR) is 49.4 cm³/mol. The van der Waals surface area contributed by atoms with E-state index in [-0.39, 0.29) is 6.04 Å². The molecule has 56 valence electrons. The Morgan fingerprint density at radius 3 is 2.64 bits per heavy atom. The minimum Gasteiger partial charge on any atom is -0.324 e. The fraction of sp³-hybridized carbons (Fsp3) is 0.250. The number of hydrogen-bond donors (Lipinski definition) is 1. The molecule has 0 amide bonds. The van der Waals surface area contributed by atoms with Gasteiger partial charge in [0.1, 0.15) is 7.85 Å². The van der Waals surface area contributed by atoms with Crippen LogP contribution in [0.4, 0.5) is 0 Å². The van der Waals surface area contributed by atoms with Gasteiger partial charge in [0.25, 0.3) is 0 Å². The lowest BCUT2D eigenvalue weighted by molar-refractivity contribution is 0.819. The van der Waals surface area contributed by atoms with Gasteiger partial charge in [-0.3, -0.25) is 0 Å². The molecule has 0 aliphatic rings. The Hall–Kier alpha value is -0.465. The smallest absolute Gasteiger partial charge is 0.115 e. The van der Waals surface area contributed by atoms with Gasteiger partial charge in [0.15, 0.2) is 0 Å². The predicted octanol–water partition coefficient (Wildman–Crippen LogP) is 1.15. The molecule has 0 aromatic heterocycles. The summed E-state index contributed by atoms with van der Waals surface area (Å²) in [5.74, 6) is 0. The van der Waals surface area contributed by atoms with Gasteiger partial charge in [0.05, 0.1) is 0 Å². The van der Waals surface area contributed by atoms with Crippen LogP contribution in [-0.2, 0) is 0 Å². The van der Waals surface area contributed by atoms with E-state index in [0.29, 0.717) is 10.5 Å². The third-order valence-electron chi connectivity index (χ3n) is 1.55. The lowest BCUT2D eigenvalue weighted by atomic mass is 9.94. The molecule has 2 radical (unpaired) electrons. The van der Waals surface area contributed by atoms with Crippen molar-refractivity contribution in [1.29, 1.82) is 0 Å². The highest BCUT2D eigenvalue weighted by Crippen LogP contribution is 2.13. The molecule has 1 nitrogen and oxygen atoms in total. The van der Waals surface area contributed by atoms with Crippen LogP contribution in [0.15, 0.2) is 18.2 Å². The van der Waals surface area contributed by atoms with Gasteiger partial charge in [-0.2, -0.15) is 0 Å². The molecule has 11 heavy (non-hydrogen) atoms. The maximum Gasteiger partial charge on any atom is 0.115 e. The molecule has 0 spiro atoms. The highest BCUT2D eigenvalue weighted by molar-refractivity contribution is 6.45. The monoisotopic (exact) mass is 165 g/mol. The summed E-state index contributed by atoms with van der Waals surface area (Å²) in [4.78, 5) is 0. The zero-order chi connectivity index (χ0) is 8.43. The average Bonchev–Trinajstić information content (AvgIpc) is 1.94. The highest BCUT2D eigenvalue weighted by atomic mass is 35.5. The number of halogens is 1. The van der Waals surface area contributed by atoms with Crippen molar-refractivity contribution in [3.8, 4) is 0 Å². The summed E-state index contributed by atoms with van der Waals surface area (Å²) in [5, 5.41) is 0.569. The van der Waals surface area contributed by atoms with Gasteiger partial charge >= 0.3 is 0 Å². The first kappa shape index (κ1) is 8.63. The summed E-state index contributed by atoms with van der Waals surface area (Å²) in [6.45, 7) is 1.90. The second kappa shape index (κ2) is 3.29. The Morgan fingerprint density at radius 2 is 2.18 bits per heavy atom. The molecule has 0 saturated heterocycles. The van der Waals surface area contributed by atoms with E-state index in [0.717, 1.165) is 5.56 Å². The number of nitrogens with two attached hydrogens (primary N) is 1. The second-order valence-electron chi connectivity index (χ2n) is 2.57. The summed E-state index contributed by atoms with van der Waals surface area (Å²) in [5.41, 5.74) is 7.23. The number of rotatable bonds is 1. The minimum atomic E-state index is 0.00750. The van der Waals surface area contributed by atoms with Gasteiger partial charge in [-0.05, 0) is 18.6 Å². The molecule has 3 heteroatoms. The van der Waals surface area contributed by atoms with Crippen LogP contribution in [-0.4, -0.2) is 7.85 Å². The van der Waals surface area contributed by atoms with Crippen LogP contribution in [0.2, 0.25) is 5.02 Å². The van der Waals surface area contributed by atoms with Crippen LogP contribution in [0.5, 0.6) is 0 Å². The number of benzene rings is 1. The molecule has 0 fully saturated rings. The van der Waals surface area contributed by atoms with Crippen LogP contribution >= 0.6 is 11.6 Å². The van der Waals surface area contributed by atoms with E-state index < -0.39 is 0 Å². The topological polar surface area (TPSA) is 26.0 Å². The van der Waals surface area contributed by atoms with Crippen molar-refractivity contribution >= 4 is 24.9 Å². The third kappa shape index (κ3) is 1.98. The lowest BCUT2D eigenvalue weighted by Crippen LogP contribution is -2.09. The molecule has 1 aromatic rings. The Balaban J connectivity index is 3.05. The van der Waals surface area contributed by atoms with E-state index in [2.05, 4.69) is 0 Å². The van der Waals surface area contributed by atoms with Crippen molar-refractivity contribution in [1.82, 2.24) is 0 Å². The van der Waals surface area contributed by atoms with Crippen molar-refractivity contribution in [2.45, 2.75) is 13.0 Å². The molecule has 1 unspecified atom stereocenters. The second-order valence-corrected chi connectivity index (χ2v) is 2.98. The van der Waals surface area contributed by atoms with Crippen LogP contribution in [0, 0.1) is 0 Å². The molecule has 0 heterocycles. The summed E-state index contributed by atoms with van der Waals surface area (Å²) < 4.78 is 0. The Bertz CT molecular complexity index is 260. The Morgan fingerprint density at radius 1 is 1.55 bits per heavy atom. The summed E-state index contributed by atoms with van der Waals surface area (Å²) in [6, 6.07) is 5.45. The van der Waals surface area contributed by atoms with Crippen molar-refractivity contribution in [3.05, 3.63) is 28.8 Å². The maximum atomic E-state index is 5.78. The van der Waals surface area contributed by atoms with Crippen molar-refractivity contribution in [2.24, 2.45) is 5.73 Å². The van der Waals surface area contributed by atoms with Gasteiger partial charge in [-0.15, -0.1) is 0 Å². The standard InChI is InChI=1S/C8H9BClN/c1-5(11)6-2-3-7(9)8(10)4-6/h2-5H,11H2,1H3. The maximum absolute atomic E-state index is 5.78. The normalized spacial score (nSPS) is 13.0.